The van der Waals surface area contributed by atoms with Gasteiger partial charge in [0, 0.05) is 28.3 Å². The van der Waals surface area contributed by atoms with Crippen molar-refractivity contribution in [2.75, 3.05) is 18.5 Å². The Bertz CT molecular complexity index is 1750. The van der Waals surface area contributed by atoms with Gasteiger partial charge in [-0.05, 0) is 82.0 Å². The van der Waals surface area contributed by atoms with Crippen LogP contribution in [0.3, 0.4) is 0 Å². The average molecular weight is 665 g/mol. The zero-order valence-corrected chi connectivity index (χ0v) is 27.0. The molecule has 0 saturated heterocycles. The first-order valence-electron chi connectivity index (χ1n) is 14.7. The molecular weight excluding hydrogens is 633 g/mol. The standard InChI is InChI=1S/C31H32N6O7S2/c1-4-43-22-15-13-20(14-16-22)36-25(17-32-28(39)19-9-11-21(12-10-19)37(41)42)34-35-31(36)45-18(3)27(38)33-29-26(30(40)44-5-2)23-7-6-8-24(23)46-29/h9-16,18H,4-8,17H2,1-3H3,(H,32,39)(H,33,38)/t18-/m1/s1. The summed E-state index contributed by atoms with van der Waals surface area (Å²) in [6.07, 6.45) is 2.60. The summed E-state index contributed by atoms with van der Waals surface area (Å²) >= 11 is 2.59. The van der Waals surface area contributed by atoms with Crippen molar-refractivity contribution < 1.29 is 28.8 Å². The SMILES string of the molecule is CCOC(=O)c1c(NC(=O)[C@@H](C)Sc2nnc(CNC(=O)c3ccc([N+](=O)[O-])cc3)n2-c2ccc(OCC)cc2)sc2c1CCC2. The van der Waals surface area contributed by atoms with E-state index in [1.54, 1.807) is 30.5 Å². The summed E-state index contributed by atoms with van der Waals surface area (Å²) in [7, 11) is 0. The van der Waals surface area contributed by atoms with Gasteiger partial charge in [0.15, 0.2) is 11.0 Å². The van der Waals surface area contributed by atoms with Crippen LogP contribution in [0.2, 0.25) is 0 Å². The Hall–Kier alpha value is -4.76. The molecule has 0 spiro atoms. The van der Waals surface area contributed by atoms with Crippen LogP contribution < -0.4 is 15.4 Å². The Morgan fingerprint density at radius 1 is 1.07 bits per heavy atom. The van der Waals surface area contributed by atoms with Gasteiger partial charge >= 0.3 is 5.97 Å². The number of thiophene rings is 1. The number of fused-ring (bicyclic) bond motifs is 1. The fourth-order valence-corrected chi connectivity index (χ4v) is 7.11. The normalized spacial score (nSPS) is 12.7. The number of carbonyl (C=O) groups excluding carboxylic acids is 3. The van der Waals surface area contributed by atoms with E-state index < -0.39 is 22.0 Å². The summed E-state index contributed by atoms with van der Waals surface area (Å²) < 4.78 is 12.6. The van der Waals surface area contributed by atoms with Crippen molar-refractivity contribution in [3.63, 3.8) is 0 Å². The van der Waals surface area contributed by atoms with E-state index in [2.05, 4.69) is 20.8 Å². The largest absolute Gasteiger partial charge is 0.494 e. The number of ether oxygens (including phenoxy) is 2. The van der Waals surface area contributed by atoms with Gasteiger partial charge in [-0.25, -0.2) is 4.79 Å². The second-order valence-corrected chi connectivity index (χ2v) is 12.6. The molecule has 0 fully saturated rings. The van der Waals surface area contributed by atoms with Gasteiger partial charge in [-0.15, -0.1) is 21.5 Å². The van der Waals surface area contributed by atoms with E-state index in [1.807, 2.05) is 19.1 Å². The minimum Gasteiger partial charge on any atom is -0.494 e. The lowest BCUT2D eigenvalue weighted by Crippen LogP contribution is -2.25. The summed E-state index contributed by atoms with van der Waals surface area (Å²) in [4.78, 5) is 50.6. The maximum Gasteiger partial charge on any atom is 0.341 e. The topological polar surface area (TPSA) is 168 Å². The molecule has 0 aliphatic heterocycles. The zero-order chi connectivity index (χ0) is 32.8. The number of hydrogen-bond acceptors (Lipinski definition) is 11. The average Bonchev–Trinajstić information content (AvgIpc) is 3.75. The first-order valence-corrected chi connectivity index (χ1v) is 16.4. The predicted octanol–water partition coefficient (Wildman–Crippen LogP) is 5.35. The molecule has 2 heterocycles. The summed E-state index contributed by atoms with van der Waals surface area (Å²) in [6.45, 7) is 6.10. The lowest BCUT2D eigenvalue weighted by Gasteiger charge is -2.15. The number of thioether (sulfide) groups is 1. The van der Waals surface area contributed by atoms with Crippen LogP contribution in [-0.4, -0.2) is 55.9 Å². The van der Waals surface area contributed by atoms with Crippen LogP contribution in [0.15, 0.2) is 53.7 Å². The van der Waals surface area contributed by atoms with Crippen molar-refractivity contribution >= 4 is 51.6 Å². The van der Waals surface area contributed by atoms with Crippen molar-refractivity contribution in [3.05, 3.63) is 86.0 Å². The van der Waals surface area contributed by atoms with E-state index in [0.717, 1.165) is 29.7 Å². The van der Waals surface area contributed by atoms with Gasteiger partial charge in [-0.3, -0.25) is 24.3 Å². The molecule has 1 atom stereocenters. The first-order chi connectivity index (χ1) is 22.2. The van der Waals surface area contributed by atoms with E-state index in [-0.39, 0.29) is 30.3 Å². The van der Waals surface area contributed by atoms with Crippen molar-refractivity contribution in [2.24, 2.45) is 0 Å². The second-order valence-electron chi connectivity index (χ2n) is 10.2. The number of nitro benzene ring substituents is 1. The van der Waals surface area contributed by atoms with Gasteiger partial charge < -0.3 is 20.1 Å². The van der Waals surface area contributed by atoms with Crippen molar-refractivity contribution in [3.8, 4) is 11.4 Å². The van der Waals surface area contributed by atoms with Gasteiger partial charge in [0.2, 0.25) is 5.91 Å². The number of hydrogen-bond donors (Lipinski definition) is 2. The van der Waals surface area contributed by atoms with Gasteiger partial charge in [0.05, 0.1) is 35.5 Å². The Labute approximate surface area is 272 Å². The van der Waals surface area contributed by atoms with Crippen LogP contribution in [0.5, 0.6) is 5.75 Å². The summed E-state index contributed by atoms with van der Waals surface area (Å²) in [5, 5.41) is 25.6. The molecule has 2 N–H and O–H groups in total. The molecule has 2 aromatic heterocycles. The quantitative estimate of drug-likeness (QED) is 0.0823. The fraction of sp³-hybridized carbons (Fsp3) is 0.323. The molecule has 13 nitrogen and oxygen atoms in total. The number of benzene rings is 2. The molecule has 1 aliphatic rings. The smallest absolute Gasteiger partial charge is 0.341 e. The molecular formula is C31H32N6O7S2. The second kappa shape index (κ2) is 14.6. The zero-order valence-electron chi connectivity index (χ0n) is 25.4. The van der Waals surface area contributed by atoms with E-state index in [9.17, 15) is 24.5 Å². The minimum absolute atomic E-state index is 0.0131. The Morgan fingerprint density at radius 2 is 1.80 bits per heavy atom. The van der Waals surface area contributed by atoms with Crippen LogP contribution in [0.1, 0.15) is 64.2 Å². The highest BCUT2D eigenvalue weighted by molar-refractivity contribution is 8.00. The molecule has 2 aromatic carbocycles. The van der Waals surface area contributed by atoms with Crippen LogP contribution in [0, 0.1) is 10.1 Å². The highest BCUT2D eigenvalue weighted by Crippen LogP contribution is 2.40. The third-order valence-corrected chi connectivity index (χ3v) is 9.39. The van der Waals surface area contributed by atoms with Crippen molar-refractivity contribution in [1.29, 1.82) is 0 Å². The molecule has 1 aliphatic carbocycles. The van der Waals surface area contributed by atoms with Crippen LogP contribution in [-0.2, 0) is 28.9 Å². The third-order valence-electron chi connectivity index (χ3n) is 7.14. The molecule has 4 aromatic rings. The van der Waals surface area contributed by atoms with Gasteiger partial charge in [-0.1, -0.05) is 11.8 Å². The maximum absolute atomic E-state index is 13.4. The highest BCUT2D eigenvalue weighted by Gasteiger charge is 2.30. The predicted molar refractivity (Wildman–Crippen MR) is 173 cm³/mol. The monoisotopic (exact) mass is 664 g/mol. The summed E-state index contributed by atoms with van der Waals surface area (Å²) in [6, 6.07) is 12.5. The minimum atomic E-state index is -0.639. The molecule has 2 amide bonds. The number of aromatic nitrogens is 3. The van der Waals surface area contributed by atoms with Gasteiger partial charge in [0.1, 0.15) is 10.8 Å². The van der Waals surface area contributed by atoms with Crippen molar-refractivity contribution in [2.45, 2.75) is 57.0 Å². The van der Waals surface area contributed by atoms with E-state index in [4.69, 9.17) is 9.47 Å². The highest BCUT2D eigenvalue weighted by atomic mass is 32.2. The molecule has 0 unspecified atom stereocenters. The lowest BCUT2D eigenvalue weighted by atomic mass is 10.1. The first kappa shape index (κ1) is 32.6. The number of amides is 2. The number of nitro groups is 1. The number of esters is 1. The molecule has 15 heteroatoms. The van der Waals surface area contributed by atoms with E-state index >= 15 is 0 Å². The number of carbonyl (C=O) groups is 3. The maximum atomic E-state index is 13.4. The number of nitrogens with one attached hydrogen (secondary N) is 2. The Kier molecular flexibility index (Phi) is 10.3. The summed E-state index contributed by atoms with van der Waals surface area (Å²) in [5.74, 6) is -0.125. The van der Waals surface area contributed by atoms with Gasteiger partial charge in [0.25, 0.3) is 11.6 Å². The van der Waals surface area contributed by atoms with Crippen LogP contribution in [0.25, 0.3) is 5.69 Å². The van der Waals surface area contributed by atoms with E-state index in [0.29, 0.717) is 39.6 Å². The number of aryl methyl sites for hydroxylation is 1. The number of nitrogens with zero attached hydrogens (tertiary/aromatic N) is 4. The lowest BCUT2D eigenvalue weighted by molar-refractivity contribution is -0.384. The van der Waals surface area contributed by atoms with Crippen LogP contribution >= 0.6 is 23.1 Å². The molecule has 240 valence electrons. The third kappa shape index (κ3) is 7.21. The van der Waals surface area contributed by atoms with Crippen molar-refractivity contribution in [1.82, 2.24) is 20.1 Å². The number of non-ortho nitro benzene ring substituents is 1. The van der Waals surface area contributed by atoms with Crippen LogP contribution in [0.4, 0.5) is 10.7 Å². The molecule has 0 bridgehead atoms. The van der Waals surface area contributed by atoms with E-state index in [1.165, 1.54) is 47.4 Å². The number of rotatable bonds is 13. The molecule has 5 rings (SSSR count). The molecule has 0 saturated carbocycles. The molecule has 0 radical (unpaired) electrons. The summed E-state index contributed by atoms with van der Waals surface area (Å²) in [5.41, 5.74) is 2.21. The Balaban J connectivity index is 1.36. The molecule has 46 heavy (non-hydrogen) atoms. The fourth-order valence-electron chi connectivity index (χ4n) is 4.94. The van der Waals surface area contributed by atoms with Gasteiger partial charge in [-0.2, -0.15) is 0 Å². The number of anilines is 1. The Morgan fingerprint density at radius 3 is 2.48 bits per heavy atom.